The molecule has 0 aliphatic rings. The molecule has 1 rings (SSSR count). The summed E-state index contributed by atoms with van der Waals surface area (Å²) in [6.07, 6.45) is 0. The van der Waals surface area contributed by atoms with Gasteiger partial charge in [-0.1, -0.05) is 6.07 Å². The normalized spacial score (nSPS) is 12.6. The van der Waals surface area contributed by atoms with E-state index in [2.05, 4.69) is 16.7 Å². The van der Waals surface area contributed by atoms with E-state index in [1.54, 1.807) is 0 Å². The highest BCUT2D eigenvalue weighted by Crippen LogP contribution is 2.13. The van der Waals surface area contributed by atoms with Crippen molar-refractivity contribution >= 4 is 17.5 Å². The largest absolute Gasteiger partial charge is 0.347 e. The van der Waals surface area contributed by atoms with E-state index in [-0.39, 0.29) is 30.4 Å². The van der Waals surface area contributed by atoms with Crippen molar-refractivity contribution < 1.29 is 14.5 Å². The van der Waals surface area contributed by atoms with E-state index in [1.165, 1.54) is 0 Å². The van der Waals surface area contributed by atoms with Crippen LogP contribution < -0.4 is 15.5 Å². The number of benzene rings is 1. The van der Waals surface area contributed by atoms with Crippen LogP contribution in [0.4, 0.5) is 5.69 Å². The van der Waals surface area contributed by atoms with Gasteiger partial charge in [0.05, 0.1) is 7.05 Å². The van der Waals surface area contributed by atoms with Crippen molar-refractivity contribution in [1.82, 2.24) is 5.32 Å². The second-order valence-electron chi connectivity index (χ2n) is 7.03. The van der Waals surface area contributed by atoms with E-state index in [1.807, 2.05) is 53.8 Å². The van der Waals surface area contributed by atoms with Crippen LogP contribution in [0.25, 0.3) is 0 Å². The molecule has 1 aromatic rings. The Balaban J connectivity index is 2.49. The number of nitrogens with one attached hydrogen (secondary N) is 3. The third-order valence-electron chi connectivity index (χ3n) is 2.94. The fourth-order valence-corrected chi connectivity index (χ4v) is 2.33. The Morgan fingerprint density at radius 1 is 1.00 bits per heavy atom. The van der Waals surface area contributed by atoms with Gasteiger partial charge >= 0.3 is 0 Å². The summed E-state index contributed by atoms with van der Waals surface area (Å²) in [6, 6.07) is 5.93. The SMILES string of the molecule is Cc1cc(C)cc(NC(=O)C[NH+](C)CC(=O)NC(C)(C)C)c1. The molecular weight excluding hydrogens is 278 g/mol. The monoisotopic (exact) mass is 306 g/mol. The van der Waals surface area contributed by atoms with Gasteiger partial charge in [0, 0.05) is 11.2 Å². The van der Waals surface area contributed by atoms with Crippen LogP contribution >= 0.6 is 0 Å². The lowest BCUT2D eigenvalue weighted by Gasteiger charge is -2.21. The van der Waals surface area contributed by atoms with E-state index in [4.69, 9.17) is 0 Å². The fraction of sp³-hybridized carbons (Fsp3) is 0.529. The molecule has 0 saturated carbocycles. The number of hydrogen-bond donors (Lipinski definition) is 3. The van der Waals surface area contributed by atoms with Crippen LogP contribution in [0.15, 0.2) is 18.2 Å². The van der Waals surface area contributed by atoms with E-state index in [0.717, 1.165) is 21.7 Å². The molecule has 1 aromatic carbocycles. The molecule has 0 saturated heterocycles. The molecule has 1 unspecified atom stereocenters. The molecule has 122 valence electrons. The van der Waals surface area contributed by atoms with Crippen molar-refractivity contribution in [2.45, 2.75) is 40.2 Å². The summed E-state index contributed by atoms with van der Waals surface area (Å²) in [5.41, 5.74) is 2.77. The molecule has 1 atom stereocenters. The van der Waals surface area contributed by atoms with Crippen LogP contribution in [0.2, 0.25) is 0 Å². The Kier molecular flexibility index (Phi) is 6.11. The highest BCUT2D eigenvalue weighted by atomic mass is 16.2. The maximum absolute atomic E-state index is 12.0. The van der Waals surface area contributed by atoms with Gasteiger partial charge in [-0.2, -0.15) is 0 Å². The summed E-state index contributed by atoms with van der Waals surface area (Å²) < 4.78 is 0. The molecule has 0 radical (unpaired) electrons. The first-order valence-electron chi connectivity index (χ1n) is 7.55. The number of amides is 2. The van der Waals surface area contributed by atoms with Gasteiger partial charge in [0.1, 0.15) is 0 Å². The maximum atomic E-state index is 12.0. The first kappa shape index (κ1) is 18.2. The Morgan fingerprint density at radius 2 is 1.50 bits per heavy atom. The van der Waals surface area contributed by atoms with Gasteiger partial charge in [0.25, 0.3) is 11.8 Å². The fourth-order valence-electron chi connectivity index (χ4n) is 2.33. The van der Waals surface area contributed by atoms with Crippen molar-refractivity contribution in [3.63, 3.8) is 0 Å². The van der Waals surface area contributed by atoms with Crippen molar-refractivity contribution in [1.29, 1.82) is 0 Å². The van der Waals surface area contributed by atoms with Crippen LogP contribution in [0.1, 0.15) is 31.9 Å². The molecular formula is C17H28N3O2+. The number of carbonyl (C=O) groups is 2. The van der Waals surface area contributed by atoms with Gasteiger partial charge in [0.2, 0.25) is 0 Å². The van der Waals surface area contributed by atoms with Crippen molar-refractivity contribution in [2.24, 2.45) is 0 Å². The Morgan fingerprint density at radius 3 is 2.00 bits per heavy atom. The smallest absolute Gasteiger partial charge is 0.279 e. The summed E-state index contributed by atoms with van der Waals surface area (Å²) in [6.45, 7) is 10.3. The second-order valence-corrected chi connectivity index (χ2v) is 7.03. The quantitative estimate of drug-likeness (QED) is 0.749. The molecule has 0 aromatic heterocycles. The summed E-state index contributed by atoms with van der Waals surface area (Å²) in [5.74, 6) is -0.143. The molecule has 2 amide bonds. The Labute approximate surface area is 133 Å². The van der Waals surface area contributed by atoms with E-state index >= 15 is 0 Å². The van der Waals surface area contributed by atoms with E-state index < -0.39 is 0 Å². The molecule has 0 heterocycles. The van der Waals surface area contributed by atoms with Gasteiger partial charge in [-0.3, -0.25) is 9.59 Å². The van der Waals surface area contributed by atoms with Crippen LogP contribution in [0.5, 0.6) is 0 Å². The van der Waals surface area contributed by atoms with Gasteiger partial charge in [0.15, 0.2) is 13.1 Å². The third-order valence-corrected chi connectivity index (χ3v) is 2.94. The predicted molar refractivity (Wildman–Crippen MR) is 89.1 cm³/mol. The molecule has 5 heteroatoms. The average molecular weight is 306 g/mol. The van der Waals surface area contributed by atoms with Crippen molar-refractivity contribution in [3.8, 4) is 0 Å². The molecule has 0 aliphatic carbocycles. The second kappa shape index (κ2) is 7.40. The Hall–Kier alpha value is -1.88. The average Bonchev–Trinajstić information content (AvgIpc) is 2.22. The first-order chi connectivity index (χ1) is 10.0. The molecule has 22 heavy (non-hydrogen) atoms. The summed E-state index contributed by atoms with van der Waals surface area (Å²) in [4.78, 5) is 24.7. The van der Waals surface area contributed by atoms with Crippen LogP contribution in [-0.4, -0.2) is 37.5 Å². The number of rotatable bonds is 5. The van der Waals surface area contributed by atoms with Gasteiger partial charge in [-0.15, -0.1) is 0 Å². The number of carbonyl (C=O) groups excluding carboxylic acids is 2. The minimum absolute atomic E-state index is 0.0517. The molecule has 0 spiro atoms. The zero-order valence-corrected chi connectivity index (χ0v) is 14.5. The predicted octanol–water partition coefficient (Wildman–Crippen LogP) is 0.671. The highest BCUT2D eigenvalue weighted by Gasteiger charge is 2.18. The minimum Gasteiger partial charge on any atom is -0.347 e. The van der Waals surface area contributed by atoms with Crippen LogP contribution in [0.3, 0.4) is 0 Å². The number of quaternary nitrogens is 1. The molecule has 0 bridgehead atoms. The lowest BCUT2D eigenvalue weighted by molar-refractivity contribution is -0.862. The zero-order valence-electron chi connectivity index (χ0n) is 14.5. The van der Waals surface area contributed by atoms with E-state index in [9.17, 15) is 9.59 Å². The number of aryl methyl sites for hydroxylation is 2. The minimum atomic E-state index is -0.251. The number of likely N-dealkylation sites (N-methyl/N-ethyl adjacent to an activating group) is 1. The molecule has 5 nitrogen and oxygen atoms in total. The van der Waals surface area contributed by atoms with Gasteiger partial charge in [-0.25, -0.2) is 0 Å². The van der Waals surface area contributed by atoms with Crippen LogP contribution in [-0.2, 0) is 9.59 Å². The van der Waals surface area contributed by atoms with Crippen molar-refractivity contribution in [2.75, 3.05) is 25.5 Å². The molecule has 0 fully saturated rings. The topological polar surface area (TPSA) is 62.6 Å². The van der Waals surface area contributed by atoms with Crippen LogP contribution in [0, 0.1) is 13.8 Å². The highest BCUT2D eigenvalue weighted by molar-refractivity contribution is 5.91. The summed E-state index contributed by atoms with van der Waals surface area (Å²) in [5, 5.41) is 5.78. The van der Waals surface area contributed by atoms with E-state index in [0.29, 0.717) is 0 Å². The standard InChI is InChI=1S/C17H27N3O2/c1-12-7-13(2)9-14(8-12)18-15(21)10-20(6)11-16(22)19-17(3,4)5/h7-9H,10-11H2,1-6H3,(H,18,21)(H,19,22)/p+1. The number of anilines is 1. The lowest BCUT2D eigenvalue weighted by Crippen LogP contribution is -3.11. The summed E-state index contributed by atoms with van der Waals surface area (Å²) >= 11 is 0. The number of hydrogen-bond acceptors (Lipinski definition) is 2. The Bertz CT molecular complexity index is 527. The third kappa shape index (κ3) is 7.22. The van der Waals surface area contributed by atoms with Gasteiger partial charge in [-0.05, 0) is 57.9 Å². The zero-order chi connectivity index (χ0) is 16.9. The van der Waals surface area contributed by atoms with Gasteiger partial charge < -0.3 is 15.5 Å². The molecule has 3 N–H and O–H groups in total. The first-order valence-corrected chi connectivity index (χ1v) is 7.55. The summed E-state index contributed by atoms with van der Waals surface area (Å²) in [7, 11) is 1.84. The maximum Gasteiger partial charge on any atom is 0.279 e. The van der Waals surface area contributed by atoms with Crippen molar-refractivity contribution in [3.05, 3.63) is 29.3 Å². The molecule has 0 aliphatic heterocycles. The lowest BCUT2D eigenvalue weighted by atomic mass is 10.1.